The van der Waals surface area contributed by atoms with Crippen LogP contribution in [0.25, 0.3) is 0 Å². The number of nitrogens with one attached hydrogen (secondary N) is 1. The van der Waals surface area contributed by atoms with Crippen LogP contribution in [0.5, 0.6) is 0 Å². The van der Waals surface area contributed by atoms with E-state index in [1.54, 1.807) is 13.0 Å². The molecule has 1 heterocycles. The number of pyridine rings is 1. The monoisotopic (exact) mass is 281 g/mol. The summed E-state index contributed by atoms with van der Waals surface area (Å²) < 4.78 is 40.1. The number of halogens is 1. The molecule has 0 aliphatic heterocycles. The van der Waals surface area contributed by atoms with Crippen molar-refractivity contribution in [1.82, 2.24) is 4.98 Å². The highest BCUT2D eigenvalue weighted by Gasteiger charge is 2.20. The van der Waals surface area contributed by atoms with E-state index in [9.17, 15) is 12.8 Å². The predicted molar refractivity (Wildman–Crippen MR) is 70.6 cm³/mol. The summed E-state index contributed by atoms with van der Waals surface area (Å²) in [5.74, 6) is -0.647. The molecule has 5 nitrogen and oxygen atoms in total. The molecule has 1 aromatic carbocycles. The van der Waals surface area contributed by atoms with E-state index >= 15 is 0 Å². The summed E-state index contributed by atoms with van der Waals surface area (Å²) in [6, 6.07) is 5.65. The van der Waals surface area contributed by atoms with Gasteiger partial charge in [0.15, 0.2) is 0 Å². The van der Waals surface area contributed by atoms with E-state index in [1.807, 2.05) is 0 Å². The van der Waals surface area contributed by atoms with Crippen LogP contribution in [0.4, 0.5) is 15.8 Å². The number of aromatic nitrogens is 1. The van der Waals surface area contributed by atoms with Gasteiger partial charge in [-0.3, -0.25) is 9.71 Å². The standard InChI is InChI=1S/C12H12FN3O2S/c1-8-3-2-4-9(13)12(8)16-19(17,18)11-7-15-6-5-10(11)14/h2-7,16H,1H3,(H2,14,15). The quantitative estimate of drug-likeness (QED) is 0.900. The number of sulfonamides is 1. The largest absolute Gasteiger partial charge is 0.398 e. The van der Waals surface area contributed by atoms with E-state index in [-0.39, 0.29) is 16.3 Å². The van der Waals surface area contributed by atoms with Gasteiger partial charge in [0.2, 0.25) is 0 Å². The Morgan fingerprint density at radius 1 is 1.32 bits per heavy atom. The Labute approximate surface area is 110 Å². The first-order valence-corrected chi connectivity index (χ1v) is 6.87. The van der Waals surface area contributed by atoms with E-state index in [0.717, 1.165) is 6.20 Å². The Morgan fingerprint density at radius 3 is 2.68 bits per heavy atom. The van der Waals surface area contributed by atoms with Crippen molar-refractivity contribution in [3.05, 3.63) is 48.0 Å². The lowest BCUT2D eigenvalue weighted by Gasteiger charge is -2.12. The first-order chi connectivity index (χ1) is 8.92. The van der Waals surface area contributed by atoms with Crippen molar-refractivity contribution in [2.45, 2.75) is 11.8 Å². The van der Waals surface area contributed by atoms with Crippen LogP contribution in [-0.4, -0.2) is 13.4 Å². The van der Waals surface area contributed by atoms with Crippen LogP contribution in [0, 0.1) is 12.7 Å². The fraction of sp³-hybridized carbons (Fsp3) is 0.0833. The second kappa shape index (κ2) is 4.85. The molecular weight excluding hydrogens is 269 g/mol. The van der Waals surface area contributed by atoms with Crippen LogP contribution in [0.1, 0.15) is 5.56 Å². The van der Waals surface area contributed by atoms with Gasteiger partial charge in [0, 0.05) is 12.4 Å². The summed E-state index contributed by atoms with van der Waals surface area (Å²) in [6.45, 7) is 1.60. The molecule has 2 aromatic rings. The molecule has 0 bridgehead atoms. The lowest BCUT2D eigenvalue weighted by molar-refractivity contribution is 0.598. The van der Waals surface area contributed by atoms with E-state index in [2.05, 4.69) is 9.71 Å². The number of benzene rings is 1. The van der Waals surface area contributed by atoms with Crippen LogP contribution < -0.4 is 10.5 Å². The van der Waals surface area contributed by atoms with Crippen LogP contribution in [0.2, 0.25) is 0 Å². The van der Waals surface area contributed by atoms with Gasteiger partial charge in [0.05, 0.1) is 11.4 Å². The maximum Gasteiger partial charge on any atom is 0.265 e. The van der Waals surface area contributed by atoms with Gasteiger partial charge in [-0.1, -0.05) is 12.1 Å². The second-order valence-corrected chi connectivity index (χ2v) is 5.60. The number of para-hydroxylation sites is 1. The highest BCUT2D eigenvalue weighted by molar-refractivity contribution is 7.92. The zero-order chi connectivity index (χ0) is 14.0. The fourth-order valence-electron chi connectivity index (χ4n) is 1.57. The van der Waals surface area contributed by atoms with Crippen LogP contribution in [0.15, 0.2) is 41.6 Å². The average Bonchev–Trinajstić information content (AvgIpc) is 2.34. The van der Waals surface area contributed by atoms with Gasteiger partial charge in [-0.2, -0.15) is 0 Å². The van der Waals surface area contributed by atoms with E-state index in [0.29, 0.717) is 5.56 Å². The number of nitrogen functional groups attached to an aromatic ring is 1. The van der Waals surface area contributed by atoms with Crippen molar-refractivity contribution in [2.75, 3.05) is 10.5 Å². The normalized spacial score (nSPS) is 11.3. The molecule has 0 saturated heterocycles. The Hall–Kier alpha value is -2.15. The van der Waals surface area contributed by atoms with Gasteiger partial charge in [-0.15, -0.1) is 0 Å². The average molecular weight is 281 g/mol. The molecule has 0 fully saturated rings. The number of anilines is 2. The molecule has 0 amide bonds. The zero-order valence-corrected chi connectivity index (χ0v) is 10.9. The van der Waals surface area contributed by atoms with Gasteiger partial charge < -0.3 is 5.73 Å². The Morgan fingerprint density at radius 2 is 2.05 bits per heavy atom. The van der Waals surface area contributed by atoms with Gasteiger partial charge in [0.25, 0.3) is 10.0 Å². The van der Waals surface area contributed by atoms with Gasteiger partial charge in [-0.05, 0) is 24.6 Å². The predicted octanol–water partition coefficient (Wildman–Crippen LogP) is 1.91. The topological polar surface area (TPSA) is 85.1 Å². The molecule has 3 N–H and O–H groups in total. The first kappa shape index (κ1) is 13.3. The molecule has 19 heavy (non-hydrogen) atoms. The van der Waals surface area contributed by atoms with E-state index < -0.39 is 15.8 Å². The lowest BCUT2D eigenvalue weighted by atomic mass is 10.2. The van der Waals surface area contributed by atoms with Crippen molar-refractivity contribution in [1.29, 1.82) is 0 Å². The fourth-order valence-corrected chi connectivity index (χ4v) is 2.78. The number of nitrogens with two attached hydrogens (primary N) is 1. The maximum atomic E-state index is 13.6. The number of rotatable bonds is 3. The summed E-state index contributed by atoms with van der Waals surface area (Å²) in [4.78, 5) is 3.52. The minimum absolute atomic E-state index is 0.0523. The van der Waals surface area contributed by atoms with E-state index in [4.69, 9.17) is 5.73 Å². The van der Waals surface area contributed by atoms with Crippen molar-refractivity contribution >= 4 is 21.4 Å². The summed E-state index contributed by atoms with van der Waals surface area (Å²) in [5, 5.41) is 0. The smallest absolute Gasteiger partial charge is 0.265 e. The lowest BCUT2D eigenvalue weighted by Crippen LogP contribution is -2.16. The molecular formula is C12H12FN3O2S. The third-order valence-corrected chi connectivity index (χ3v) is 3.96. The van der Waals surface area contributed by atoms with Crippen LogP contribution >= 0.6 is 0 Å². The second-order valence-electron chi connectivity index (χ2n) is 3.95. The molecule has 0 unspecified atom stereocenters. The highest BCUT2D eigenvalue weighted by atomic mass is 32.2. The summed E-state index contributed by atoms with van der Waals surface area (Å²) >= 11 is 0. The number of hydrogen-bond donors (Lipinski definition) is 2. The highest BCUT2D eigenvalue weighted by Crippen LogP contribution is 2.24. The van der Waals surface area contributed by atoms with Gasteiger partial charge in [0.1, 0.15) is 10.7 Å². The molecule has 0 aliphatic carbocycles. The molecule has 100 valence electrons. The minimum Gasteiger partial charge on any atom is -0.398 e. The summed E-state index contributed by atoms with van der Waals surface area (Å²) in [7, 11) is -3.97. The zero-order valence-electron chi connectivity index (χ0n) is 10.1. The number of hydrogen-bond acceptors (Lipinski definition) is 4. The van der Waals surface area contributed by atoms with Crippen LogP contribution in [0.3, 0.4) is 0 Å². The van der Waals surface area contributed by atoms with Gasteiger partial charge >= 0.3 is 0 Å². The van der Waals surface area contributed by atoms with Crippen molar-refractivity contribution in [3.8, 4) is 0 Å². The molecule has 0 radical (unpaired) electrons. The molecule has 7 heteroatoms. The van der Waals surface area contributed by atoms with Crippen molar-refractivity contribution in [3.63, 3.8) is 0 Å². The number of aryl methyl sites for hydroxylation is 1. The minimum atomic E-state index is -3.97. The first-order valence-electron chi connectivity index (χ1n) is 5.39. The van der Waals surface area contributed by atoms with Crippen LogP contribution in [-0.2, 0) is 10.0 Å². The molecule has 0 spiro atoms. The SMILES string of the molecule is Cc1cccc(F)c1NS(=O)(=O)c1cnccc1N. The molecule has 0 atom stereocenters. The number of nitrogens with zero attached hydrogens (tertiary/aromatic N) is 1. The van der Waals surface area contributed by atoms with Gasteiger partial charge in [-0.25, -0.2) is 12.8 Å². The third kappa shape index (κ3) is 2.65. The Bertz CT molecular complexity index is 696. The molecule has 0 saturated carbocycles. The summed E-state index contributed by atoms with van der Waals surface area (Å²) in [6.07, 6.45) is 2.50. The Kier molecular flexibility index (Phi) is 3.39. The molecule has 2 rings (SSSR count). The van der Waals surface area contributed by atoms with E-state index in [1.165, 1.54) is 24.4 Å². The molecule has 1 aromatic heterocycles. The maximum absolute atomic E-state index is 13.6. The molecule has 0 aliphatic rings. The Balaban J connectivity index is 2.46. The van der Waals surface area contributed by atoms with Crippen molar-refractivity contribution in [2.24, 2.45) is 0 Å². The van der Waals surface area contributed by atoms with Crippen molar-refractivity contribution < 1.29 is 12.8 Å². The summed E-state index contributed by atoms with van der Waals surface area (Å²) in [5.41, 5.74) is 6.02. The third-order valence-electron chi connectivity index (χ3n) is 2.56.